The highest BCUT2D eigenvalue weighted by atomic mass is 32.1. The van der Waals surface area contributed by atoms with Crippen molar-refractivity contribution in [3.63, 3.8) is 0 Å². The predicted octanol–water partition coefficient (Wildman–Crippen LogP) is 3.46. The van der Waals surface area contributed by atoms with Gasteiger partial charge in [-0.2, -0.15) is 5.26 Å². The Labute approximate surface area is 165 Å². The average molecular weight is 379 g/mol. The van der Waals surface area contributed by atoms with Gasteiger partial charge in [-0.3, -0.25) is 4.79 Å². The fourth-order valence-electron chi connectivity index (χ4n) is 2.37. The van der Waals surface area contributed by atoms with Crippen LogP contribution in [-0.2, 0) is 17.8 Å². The molecule has 1 amide bonds. The van der Waals surface area contributed by atoms with E-state index in [-0.39, 0.29) is 5.91 Å². The van der Waals surface area contributed by atoms with E-state index in [9.17, 15) is 4.79 Å². The van der Waals surface area contributed by atoms with Gasteiger partial charge >= 0.3 is 0 Å². The van der Waals surface area contributed by atoms with Gasteiger partial charge in [0.25, 0.3) is 0 Å². The van der Waals surface area contributed by atoms with Crippen LogP contribution in [0.2, 0.25) is 0 Å². The van der Waals surface area contributed by atoms with Gasteiger partial charge in [-0.1, -0.05) is 30.3 Å². The third kappa shape index (κ3) is 7.38. The number of hydrogen-bond acceptors (Lipinski definition) is 4. The molecule has 0 aliphatic heterocycles. The largest absolute Gasteiger partial charge is 0.356 e. The van der Waals surface area contributed by atoms with Gasteiger partial charge in [0.05, 0.1) is 18.0 Å². The smallest absolute Gasteiger partial charge is 0.216 e. The topological polar surface area (TPSA) is 70.7 Å². The van der Waals surface area contributed by atoms with Crippen LogP contribution in [0.15, 0.2) is 72.0 Å². The van der Waals surface area contributed by atoms with Crippen molar-refractivity contribution in [2.24, 2.45) is 0 Å². The second-order valence-corrected chi connectivity index (χ2v) is 6.41. The summed E-state index contributed by atoms with van der Waals surface area (Å²) >= 11 is 4.08. The SMILES string of the molecule is CC(=O)NCCc1cncn1Cc1ccc(C#N)cc1.Sc1ccccc1. The zero-order valence-electron chi connectivity index (χ0n) is 15.2. The Bertz CT molecular complexity index is 883. The average Bonchev–Trinajstić information content (AvgIpc) is 3.10. The maximum Gasteiger partial charge on any atom is 0.216 e. The number of aromatic nitrogens is 2. The van der Waals surface area contributed by atoms with Crippen molar-refractivity contribution in [1.29, 1.82) is 5.26 Å². The van der Waals surface area contributed by atoms with E-state index in [4.69, 9.17) is 5.26 Å². The van der Waals surface area contributed by atoms with Crippen molar-refractivity contribution < 1.29 is 4.79 Å². The van der Waals surface area contributed by atoms with Gasteiger partial charge in [0.1, 0.15) is 0 Å². The van der Waals surface area contributed by atoms with E-state index in [1.165, 1.54) is 6.92 Å². The molecule has 1 aromatic heterocycles. The minimum atomic E-state index is -0.0249. The summed E-state index contributed by atoms with van der Waals surface area (Å²) in [5, 5.41) is 11.5. The minimum Gasteiger partial charge on any atom is -0.356 e. The molecule has 138 valence electrons. The number of carbonyl (C=O) groups is 1. The third-order valence-corrected chi connectivity index (χ3v) is 4.04. The lowest BCUT2D eigenvalue weighted by Gasteiger charge is -2.08. The van der Waals surface area contributed by atoms with E-state index >= 15 is 0 Å². The van der Waals surface area contributed by atoms with Gasteiger partial charge < -0.3 is 9.88 Å². The molecule has 6 heteroatoms. The monoisotopic (exact) mass is 378 g/mol. The molecule has 3 rings (SSSR count). The molecular weight excluding hydrogens is 356 g/mol. The molecule has 0 atom stereocenters. The predicted molar refractivity (Wildman–Crippen MR) is 109 cm³/mol. The Kier molecular flexibility index (Phi) is 8.14. The van der Waals surface area contributed by atoms with Crippen molar-refractivity contribution in [2.75, 3.05) is 6.54 Å². The van der Waals surface area contributed by atoms with Crippen LogP contribution in [0.5, 0.6) is 0 Å². The van der Waals surface area contributed by atoms with Crippen molar-refractivity contribution in [2.45, 2.75) is 24.8 Å². The van der Waals surface area contributed by atoms with E-state index in [2.05, 4.69) is 29.0 Å². The van der Waals surface area contributed by atoms with E-state index in [0.29, 0.717) is 18.7 Å². The molecule has 27 heavy (non-hydrogen) atoms. The second-order valence-electron chi connectivity index (χ2n) is 5.89. The van der Waals surface area contributed by atoms with Gasteiger partial charge in [0.15, 0.2) is 0 Å². The highest BCUT2D eigenvalue weighted by Gasteiger charge is 2.03. The number of carbonyl (C=O) groups excluding carboxylic acids is 1. The van der Waals surface area contributed by atoms with Crippen LogP contribution in [0.25, 0.3) is 0 Å². The number of amides is 1. The fourth-order valence-corrected chi connectivity index (χ4v) is 2.55. The van der Waals surface area contributed by atoms with Gasteiger partial charge in [0, 0.05) is 43.2 Å². The lowest BCUT2D eigenvalue weighted by Crippen LogP contribution is -2.23. The van der Waals surface area contributed by atoms with Crippen molar-refractivity contribution in [3.8, 4) is 6.07 Å². The summed E-state index contributed by atoms with van der Waals surface area (Å²) in [6, 6.07) is 19.4. The number of hydrogen-bond donors (Lipinski definition) is 2. The summed E-state index contributed by atoms with van der Waals surface area (Å²) in [6.07, 6.45) is 4.34. The van der Waals surface area contributed by atoms with Crippen LogP contribution >= 0.6 is 12.6 Å². The first kappa shape index (κ1) is 20.3. The number of rotatable bonds is 5. The zero-order chi connectivity index (χ0) is 19.5. The van der Waals surface area contributed by atoms with Crippen LogP contribution in [0.4, 0.5) is 0 Å². The molecule has 0 aliphatic rings. The van der Waals surface area contributed by atoms with E-state index in [1.807, 2.05) is 65.4 Å². The third-order valence-electron chi connectivity index (χ3n) is 3.75. The van der Waals surface area contributed by atoms with E-state index in [0.717, 1.165) is 22.6 Å². The Hall–Kier alpha value is -3.04. The van der Waals surface area contributed by atoms with Crippen molar-refractivity contribution >= 4 is 18.5 Å². The fraction of sp³-hybridized carbons (Fsp3) is 0.190. The Morgan fingerprint density at radius 3 is 2.44 bits per heavy atom. The van der Waals surface area contributed by atoms with E-state index in [1.54, 1.807) is 6.33 Å². The number of imidazole rings is 1. The molecule has 0 bridgehead atoms. The maximum absolute atomic E-state index is 10.8. The molecule has 0 aliphatic carbocycles. The van der Waals surface area contributed by atoms with Gasteiger partial charge in [-0.15, -0.1) is 12.6 Å². The second kappa shape index (κ2) is 10.8. The molecule has 0 saturated carbocycles. The molecule has 1 N–H and O–H groups in total. The maximum atomic E-state index is 10.8. The Morgan fingerprint density at radius 1 is 1.19 bits per heavy atom. The summed E-state index contributed by atoms with van der Waals surface area (Å²) in [5.41, 5.74) is 2.84. The highest BCUT2D eigenvalue weighted by Crippen LogP contribution is 2.08. The molecule has 3 aromatic rings. The van der Waals surface area contributed by atoms with Crippen LogP contribution in [0.3, 0.4) is 0 Å². The minimum absolute atomic E-state index is 0.0249. The number of benzene rings is 2. The molecule has 0 radical (unpaired) electrons. The first-order valence-corrected chi connectivity index (χ1v) is 8.99. The molecule has 1 heterocycles. The van der Waals surface area contributed by atoms with E-state index < -0.39 is 0 Å². The van der Waals surface area contributed by atoms with Crippen LogP contribution in [0.1, 0.15) is 23.7 Å². The normalized spacial score (nSPS) is 9.67. The summed E-state index contributed by atoms with van der Waals surface area (Å²) < 4.78 is 2.04. The molecule has 0 fully saturated rings. The van der Waals surface area contributed by atoms with Crippen LogP contribution < -0.4 is 5.32 Å². The highest BCUT2D eigenvalue weighted by molar-refractivity contribution is 7.80. The zero-order valence-corrected chi connectivity index (χ0v) is 16.1. The van der Waals surface area contributed by atoms with Gasteiger partial charge in [0.2, 0.25) is 5.91 Å². The van der Waals surface area contributed by atoms with Crippen molar-refractivity contribution in [1.82, 2.24) is 14.9 Å². The standard InChI is InChI=1S/C15H16N4O.C6H6S/c1-12(20)18-7-6-15-9-17-11-19(15)10-14-4-2-13(8-16)3-5-14;7-6-4-2-1-3-5-6/h2-5,9,11H,6-7,10H2,1H3,(H,18,20);1-5,7H. The lowest BCUT2D eigenvalue weighted by atomic mass is 10.1. The lowest BCUT2D eigenvalue weighted by molar-refractivity contribution is -0.118. The van der Waals surface area contributed by atoms with Crippen LogP contribution in [0, 0.1) is 11.3 Å². The number of thiol groups is 1. The molecule has 5 nitrogen and oxygen atoms in total. The number of nitrogens with one attached hydrogen (secondary N) is 1. The first-order valence-electron chi connectivity index (χ1n) is 8.55. The van der Waals surface area contributed by atoms with Crippen molar-refractivity contribution in [3.05, 3.63) is 83.9 Å². The van der Waals surface area contributed by atoms with Gasteiger partial charge in [-0.05, 0) is 29.8 Å². The molecule has 0 spiro atoms. The molecular formula is C21H22N4OS. The summed E-state index contributed by atoms with van der Waals surface area (Å²) in [6.45, 7) is 2.82. The summed E-state index contributed by atoms with van der Waals surface area (Å²) in [7, 11) is 0. The van der Waals surface area contributed by atoms with Gasteiger partial charge in [-0.25, -0.2) is 4.98 Å². The first-order chi connectivity index (χ1) is 13.1. The molecule has 0 saturated heterocycles. The van der Waals surface area contributed by atoms with Crippen LogP contribution in [-0.4, -0.2) is 22.0 Å². The number of nitriles is 1. The Morgan fingerprint density at radius 2 is 1.89 bits per heavy atom. The molecule has 2 aromatic carbocycles. The number of nitrogens with zero attached hydrogens (tertiary/aromatic N) is 3. The summed E-state index contributed by atoms with van der Waals surface area (Å²) in [4.78, 5) is 16.0. The quantitative estimate of drug-likeness (QED) is 0.668. The molecule has 0 unspecified atom stereocenters. The summed E-state index contributed by atoms with van der Waals surface area (Å²) in [5.74, 6) is -0.0249. The Balaban J connectivity index is 0.000000313.